The quantitative estimate of drug-likeness (QED) is 0.306. The highest BCUT2D eigenvalue weighted by molar-refractivity contribution is 6.45. The summed E-state index contributed by atoms with van der Waals surface area (Å²) in [5.74, 6) is 0. The van der Waals surface area contributed by atoms with Gasteiger partial charge in [-0.1, -0.05) is 0 Å². The van der Waals surface area contributed by atoms with Crippen molar-refractivity contribution >= 4 is 58.6 Å². The Hall–Kier alpha value is -0.380. The monoisotopic (exact) mass is 372 g/mol. The van der Waals surface area contributed by atoms with E-state index in [-0.39, 0.29) is 0 Å². The van der Waals surface area contributed by atoms with Gasteiger partial charge in [-0.15, -0.1) is 46.4 Å². The Balaban J connectivity index is 4.47. The highest BCUT2D eigenvalue weighted by Crippen LogP contribution is 2.14. The molecule has 0 aromatic rings. The molecule has 0 saturated heterocycles. The normalized spacial score (nSPS) is 13.8. The maximum atomic E-state index is 11.0. The minimum Gasteiger partial charge on any atom is -0.453 e. The molecule has 0 aromatic heterocycles. The number of carbonyl (C=O) groups is 2. The van der Waals surface area contributed by atoms with Crippen molar-refractivity contribution in [1.29, 1.82) is 0 Å². The lowest BCUT2D eigenvalue weighted by Crippen LogP contribution is -2.46. The van der Waals surface area contributed by atoms with Crippen LogP contribution in [0.25, 0.3) is 0 Å². The van der Waals surface area contributed by atoms with Crippen LogP contribution in [0.1, 0.15) is 0 Å². The van der Waals surface area contributed by atoms with Crippen LogP contribution in [0.4, 0.5) is 9.59 Å². The highest BCUT2D eigenvalue weighted by Gasteiger charge is 2.27. The highest BCUT2D eigenvalue weighted by atomic mass is 35.5. The molecule has 0 aliphatic heterocycles. The predicted octanol–water partition coefficient (Wildman–Crippen LogP) is 1.91. The molecule has 118 valence electrons. The summed E-state index contributed by atoms with van der Waals surface area (Å²) < 4.78 is 8.64. The van der Waals surface area contributed by atoms with E-state index in [0.717, 1.165) is 14.2 Å². The first-order valence-electron chi connectivity index (χ1n) is 4.89. The van der Waals surface area contributed by atoms with Gasteiger partial charge >= 0.3 is 12.2 Å². The number of methoxy groups -OCH3 is 2. The summed E-state index contributed by atoms with van der Waals surface area (Å²) in [5, 5.41) is 4.25. The zero-order valence-electron chi connectivity index (χ0n) is 10.3. The number of nitrogens with one attached hydrogen (secondary N) is 2. The second kappa shape index (κ2) is 10.4. The zero-order chi connectivity index (χ0) is 15.7. The van der Waals surface area contributed by atoms with Crippen LogP contribution in [0.2, 0.25) is 0 Å². The molecule has 8 nitrogen and oxygen atoms in total. The van der Waals surface area contributed by atoms with E-state index in [1.807, 2.05) is 0 Å². The van der Waals surface area contributed by atoms with Crippen molar-refractivity contribution in [2.24, 2.45) is 0 Å². The van der Waals surface area contributed by atoms with Gasteiger partial charge < -0.3 is 9.47 Å². The number of ether oxygens (including phenoxy) is 2. The molecule has 0 heterocycles. The lowest BCUT2D eigenvalue weighted by molar-refractivity contribution is -0.353. The molecule has 0 aromatic carbocycles. The topological polar surface area (TPSA) is 95.1 Å². The van der Waals surface area contributed by atoms with Crippen LogP contribution in [0.5, 0.6) is 0 Å². The van der Waals surface area contributed by atoms with Gasteiger partial charge in [0, 0.05) is 0 Å². The molecular formula is C8H12Cl4N2O6. The first-order valence-corrected chi connectivity index (χ1v) is 6.63. The zero-order valence-corrected chi connectivity index (χ0v) is 13.3. The SMILES string of the molecule is COC(=O)N[C@H](OO[C@@H](NC(=O)OC)C(Cl)Cl)C(Cl)Cl. The molecule has 2 N–H and O–H groups in total. The Labute approximate surface area is 134 Å². The minimum absolute atomic E-state index is 0.865. The first-order chi connectivity index (χ1) is 9.31. The Morgan fingerprint density at radius 2 is 1.10 bits per heavy atom. The van der Waals surface area contributed by atoms with Gasteiger partial charge in [0.2, 0.25) is 0 Å². The number of hydrogen-bond acceptors (Lipinski definition) is 6. The van der Waals surface area contributed by atoms with E-state index in [1.54, 1.807) is 0 Å². The van der Waals surface area contributed by atoms with Crippen molar-refractivity contribution in [2.75, 3.05) is 14.2 Å². The third kappa shape index (κ3) is 8.03. The average Bonchev–Trinajstić information content (AvgIpc) is 2.40. The molecule has 2 amide bonds. The molecule has 0 radical (unpaired) electrons. The summed E-state index contributed by atoms with van der Waals surface area (Å²) in [7, 11) is 2.25. The molecule has 0 rings (SSSR count). The molecule has 0 bridgehead atoms. The summed E-state index contributed by atoms with van der Waals surface area (Å²) in [6.45, 7) is 0. The first kappa shape index (κ1) is 19.6. The molecule has 2 atom stereocenters. The lowest BCUT2D eigenvalue weighted by Gasteiger charge is -2.23. The molecule has 0 saturated carbocycles. The molecule has 0 aliphatic carbocycles. The van der Waals surface area contributed by atoms with Gasteiger partial charge in [-0.25, -0.2) is 19.4 Å². The third-order valence-electron chi connectivity index (χ3n) is 1.61. The number of rotatable bonds is 7. The summed E-state index contributed by atoms with van der Waals surface area (Å²) in [5.41, 5.74) is 0. The largest absolute Gasteiger partial charge is 0.453 e. The van der Waals surface area contributed by atoms with Gasteiger partial charge in [-0.2, -0.15) is 0 Å². The van der Waals surface area contributed by atoms with Crippen molar-refractivity contribution in [3.8, 4) is 0 Å². The fourth-order valence-electron chi connectivity index (χ4n) is 0.728. The minimum atomic E-state index is -1.29. The summed E-state index contributed by atoms with van der Waals surface area (Å²) in [4.78, 5) is 29.1. The second-order valence-electron chi connectivity index (χ2n) is 2.97. The number of amides is 2. The van der Waals surface area contributed by atoms with Crippen LogP contribution in [0, 0.1) is 0 Å². The number of alkyl carbamates (subject to hydrolysis) is 2. The van der Waals surface area contributed by atoms with Gasteiger partial charge in [0.05, 0.1) is 14.2 Å². The van der Waals surface area contributed by atoms with Crippen molar-refractivity contribution in [3.05, 3.63) is 0 Å². The van der Waals surface area contributed by atoms with Crippen molar-refractivity contribution < 1.29 is 28.8 Å². The maximum absolute atomic E-state index is 11.0. The average molecular weight is 374 g/mol. The van der Waals surface area contributed by atoms with Crippen LogP contribution >= 0.6 is 46.4 Å². The van der Waals surface area contributed by atoms with E-state index in [2.05, 4.69) is 20.1 Å². The third-order valence-corrected chi connectivity index (χ3v) is 2.53. The number of hydrogen-bond donors (Lipinski definition) is 2. The second-order valence-corrected chi connectivity index (χ2v) is 5.30. The Kier molecular flexibility index (Phi) is 10.2. The standard InChI is InChI=1S/C8H12Cl4N2O6/c1-17-7(15)13-5(3(9)10)19-20-6(4(11)12)14-8(16)18-2/h3-6H,1-2H3,(H,13,15)(H,14,16)/t5-,6-/m1/s1. The Bertz CT molecular complexity index is 289. The van der Waals surface area contributed by atoms with Crippen LogP contribution in [0.15, 0.2) is 0 Å². The van der Waals surface area contributed by atoms with Crippen LogP contribution in [-0.4, -0.2) is 48.5 Å². The lowest BCUT2D eigenvalue weighted by atomic mass is 10.6. The van der Waals surface area contributed by atoms with E-state index < -0.39 is 34.3 Å². The van der Waals surface area contributed by atoms with E-state index in [9.17, 15) is 9.59 Å². The summed E-state index contributed by atoms with van der Waals surface area (Å²) >= 11 is 22.2. The molecule has 0 fully saturated rings. The summed E-state index contributed by atoms with van der Waals surface area (Å²) in [6, 6.07) is 0. The fraction of sp³-hybridized carbons (Fsp3) is 0.750. The van der Waals surface area contributed by atoms with Crippen LogP contribution in [-0.2, 0) is 19.2 Å². The predicted molar refractivity (Wildman–Crippen MR) is 71.8 cm³/mol. The number of halogens is 4. The van der Waals surface area contributed by atoms with Crippen LogP contribution in [0.3, 0.4) is 0 Å². The van der Waals surface area contributed by atoms with E-state index in [0.29, 0.717) is 0 Å². The van der Waals surface area contributed by atoms with Crippen LogP contribution < -0.4 is 10.6 Å². The van der Waals surface area contributed by atoms with Gasteiger partial charge in [0.1, 0.15) is 0 Å². The van der Waals surface area contributed by atoms with Crippen molar-refractivity contribution in [3.63, 3.8) is 0 Å². The van der Waals surface area contributed by atoms with E-state index in [1.165, 1.54) is 0 Å². The van der Waals surface area contributed by atoms with Crippen molar-refractivity contribution in [1.82, 2.24) is 10.6 Å². The number of carbonyl (C=O) groups excluding carboxylic acids is 2. The van der Waals surface area contributed by atoms with Gasteiger partial charge in [-0.05, 0) is 0 Å². The molecule has 20 heavy (non-hydrogen) atoms. The van der Waals surface area contributed by atoms with E-state index in [4.69, 9.17) is 56.2 Å². The molecular weight excluding hydrogens is 362 g/mol. The molecule has 0 spiro atoms. The molecule has 0 aliphatic rings. The van der Waals surface area contributed by atoms with Gasteiger partial charge in [0.15, 0.2) is 22.1 Å². The molecule has 0 unspecified atom stereocenters. The maximum Gasteiger partial charge on any atom is 0.409 e. The van der Waals surface area contributed by atoms with Crippen molar-refractivity contribution in [2.45, 2.75) is 22.1 Å². The summed E-state index contributed by atoms with van der Waals surface area (Å²) in [6.07, 6.45) is -4.31. The van der Waals surface area contributed by atoms with Gasteiger partial charge in [0.25, 0.3) is 0 Å². The van der Waals surface area contributed by atoms with E-state index >= 15 is 0 Å². The number of alkyl halides is 4. The smallest absolute Gasteiger partial charge is 0.409 e. The Morgan fingerprint density at radius 1 is 0.800 bits per heavy atom. The fourth-order valence-corrected chi connectivity index (χ4v) is 1.15. The Morgan fingerprint density at radius 3 is 1.30 bits per heavy atom. The van der Waals surface area contributed by atoms with Gasteiger partial charge in [-0.3, -0.25) is 10.6 Å². The molecule has 12 heteroatoms.